The Bertz CT molecular complexity index is 577. The molecule has 2 heterocycles. The summed E-state index contributed by atoms with van der Waals surface area (Å²) in [6.07, 6.45) is 3.05. The van der Waals surface area contributed by atoms with Crippen LogP contribution in [-0.4, -0.2) is 27.3 Å². The summed E-state index contributed by atoms with van der Waals surface area (Å²) in [6, 6.07) is 3.70. The Hall–Kier alpha value is -2.37. The van der Waals surface area contributed by atoms with Crippen molar-refractivity contribution in [3.8, 4) is 5.82 Å². The van der Waals surface area contributed by atoms with Crippen LogP contribution in [0.2, 0.25) is 0 Å². The van der Waals surface area contributed by atoms with Gasteiger partial charge in [-0.25, -0.2) is 9.78 Å². The molecule has 2 aromatic rings. The van der Waals surface area contributed by atoms with Crippen LogP contribution in [0, 0.1) is 6.92 Å². The van der Waals surface area contributed by atoms with Crippen molar-refractivity contribution in [3.63, 3.8) is 0 Å². The molecule has 94 valence electrons. The fourth-order valence-corrected chi connectivity index (χ4v) is 1.54. The zero-order valence-electron chi connectivity index (χ0n) is 10.3. The number of esters is 1. The Morgan fingerprint density at radius 1 is 1.56 bits per heavy atom. The summed E-state index contributed by atoms with van der Waals surface area (Å²) < 4.78 is 6.30. The second-order valence-electron chi connectivity index (χ2n) is 3.77. The van der Waals surface area contributed by atoms with E-state index in [-0.39, 0.29) is 11.4 Å². The Labute approximate surface area is 104 Å². The van der Waals surface area contributed by atoms with Gasteiger partial charge in [0, 0.05) is 6.20 Å². The minimum Gasteiger partial charge on any atom is -0.462 e. The van der Waals surface area contributed by atoms with E-state index >= 15 is 0 Å². The standard InChI is InChI=1S/C12H14N4O2/c1-3-18-12(17)9-7-15-16(11(9)13)10-6-8(2)4-5-14-10/h4-7H,3,13H2,1-2H3. The van der Waals surface area contributed by atoms with Gasteiger partial charge in [0.05, 0.1) is 12.8 Å². The first kappa shape index (κ1) is 12.1. The van der Waals surface area contributed by atoms with Gasteiger partial charge in [-0.05, 0) is 31.5 Å². The topological polar surface area (TPSA) is 83.0 Å². The number of hydrogen-bond acceptors (Lipinski definition) is 5. The van der Waals surface area contributed by atoms with Crippen molar-refractivity contribution in [1.82, 2.24) is 14.8 Å². The molecular weight excluding hydrogens is 232 g/mol. The highest BCUT2D eigenvalue weighted by atomic mass is 16.5. The van der Waals surface area contributed by atoms with E-state index in [0.29, 0.717) is 12.4 Å². The molecule has 0 aliphatic heterocycles. The van der Waals surface area contributed by atoms with E-state index in [0.717, 1.165) is 5.56 Å². The highest BCUT2D eigenvalue weighted by Gasteiger charge is 2.17. The van der Waals surface area contributed by atoms with Gasteiger partial charge in [-0.1, -0.05) is 0 Å². The largest absolute Gasteiger partial charge is 0.462 e. The molecule has 0 fully saturated rings. The summed E-state index contributed by atoms with van der Waals surface area (Å²) >= 11 is 0. The molecule has 2 rings (SSSR count). The minimum absolute atomic E-state index is 0.228. The van der Waals surface area contributed by atoms with Gasteiger partial charge in [0.25, 0.3) is 0 Å². The van der Waals surface area contributed by atoms with Crippen LogP contribution in [0.1, 0.15) is 22.8 Å². The first-order valence-corrected chi connectivity index (χ1v) is 5.57. The Kier molecular flexibility index (Phi) is 3.27. The van der Waals surface area contributed by atoms with Crippen molar-refractivity contribution in [2.45, 2.75) is 13.8 Å². The average Bonchev–Trinajstić information content (AvgIpc) is 2.71. The molecule has 6 nitrogen and oxygen atoms in total. The molecule has 2 N–H and O–H groups in total. The number of ether oxygens (including phenoxy) is 1. The first-order valence-electron chi connectivity index (χ1n) is 5.57. The van der Waals surface area contributed by atoms with Gasteiger partial charge in [0.15, 0.2) is 5.82 Å². The van der Waals surface area contributed by atoms with Gasteiger partial charge in [-0.3, -0.25) is 0 Å². The predicted octanol–water partition coefficient (Wildman–Crippen LogP) is 1.33. The summed E-state index contributed by atoms with van der Waals surface area (Å²) in [5.41, 5.74) is 7.16. The zero-order valence-corrected chi connectivity index (χ0v) is 10.3. The molecule has 2 aromatic heterocycles. The van der Waals surface area contributed by atoms with Gasteiger partial charge < -0.3 is 10.5 Å². The fourth-order valence-electron chi connectivity index (χ4n) is 1.54. The number of carbonyl (C=O) groups is 1. The highest BCUT2D eigenvalue weighted by molar-refractivity contribution is 5.94. The summed E-state index contributed by atoms with van der Waals surface area (Å²) in [4.78, 5) is 15.8. The van der Waals surface area contributed by atoms with Crippen LogP contribution in [-0.2, 0) is 4.74 Å². The summed E-state index contributed by atoms with van der Waals surface area (Å²) in [6.45, 7) is 3.98. The number of hydrogen-bond donors (Lipinski definition) is 1. The van der Waals surface area contributed by atoms with E-state index in [1.165, 1.54) is 10.9 Å². The maximum atomic E-state index is 11.6. The Balaban J connectivity index is 2.39. The lowest BCUT2D eigenvalue weighted by molar-refractivity contribution is 0.0527. The van der Waals surface area contributed by atoms with Crippen molar-refractivity contribution in [2.75, 3.05) is 12.3 Å². The number of rotatable bonds is 3. The molecule has 18 heavy (non-hydrogen) atoms. The van der Waals surface area contributed by atoms with Crippen LogP contribution in [0.15, 0.2) is 24.5 Å². The average molecular weight is 246 g/mol. The number of pyridine rings is 1. The molecule has 0 aromatic carbocycles. The van der Waals surface area contributed by atoms with Gasteiger partial charge in [0.1, 0.15) is 11.4 Å². The molecule has 0 saturated carbocycles. The molecule has 0 spiro atoms. The SMILES string of the molecule is CCOC(=O)c1cnn(-c2cc(C)ccn2)c1N. The normalized spacial score (nSPS) is 10.3. The molecule has 0 aliphatic rings. The van der Waals surface area contributed by atoms with Crippen LogP contribution in [0.4, 0.5) is 5.82 Å². The number of aryl methyl sites for hydroxylation is 1. The highest BCUT2D eigenvalue weighted by Crippen LogP contribution is 2.17. The van der Waals surface area contributed by atoms with Crippen molar-refractivity contribution in [1.29, 1.82) is 0 Å². The van der Waals surface area contributed by atoms with Crippen LogP contribution in [0.25, 0.3) is 5.82 Å². The molecule has 0 bridgehead atoms. The van der Waals surface area contributed by atoms with E-state index < -0.39 is 5.97 Å². The molecule has 0 radical (unpaired) electrons. The number of anilines is 1. The van der Waals surface area contributed by atoms with E-state index in [2.05, 4.69) is 10.1 Å². The third-order valence-electron chi connectivity index (χ3n) is 2.42. The summed E-state index contributed by atoms with van der Waals surface area (Å²) in [5.74, 6) is 0.323. The van der Waals surface area contributed by atoms with Gasteiger partial charge in [0.2, 0.25) is 0 Å². The lowest BCUT2D eigenvalue weighted by Gasteiger charge is -2.04. The van der Waals surface area contributed by atoms with Crippen molar-refractivity contribution >= 4 is 11.8 Å². The first-order chi connectivity index (χ1) is 8.63. The van der Waals surface area contributed by atoms with Gasteiger partial charge in [-0.2, -0.15) is 9.78 Å². The number of carbonyl (C=O) groups excluding carboxylic acids is 1. The lowest BCUT2D eigenvalue weighted by atomic mass is 10.3. The lowest BCUT2D eigenvalue weighted by Crippen LogP contribution is -2.09. The zero-order chi connectivity index (χ0) is 13.1. The molecule has 6 heteroatoms. The van der Waals surface area contributed by atoms with Gasteiger partial charge in [-0.15, -0.1) is 0 Å². The monoisotopic (exact) mass is 246 g/mol. The van der Waals surface area contributed by atoms with E-state index in [9.17, 15) is 4.79 Å². The molecule has 0 saturated heterocycles. The molecule has 0 unspecified atom stereocenters. The Morgan fingerprint density at radius 3 is 3.00 bits per heavy atom. The molecular formula is C12H14N4O2. The number of nitrogens with zero attached hydrogens (tertiary/aromatic N) is 3. The smallest absolute Gasteiger partial charge is 0.343 e. The van der Waals surface area contributed by atoms with E-state index in [1.54, 1.807) is 13.1 Å². The number of nitrogen functional groups attached to an aromatic ring is 1. The minimum atomic E-state index is -0.478. The number of nitrogens with two attached hydrogens (primary N) is 1. The van der Waals surface area contributed by atoms with Crippen LogP contribution in [0.3, 0.4) is 0 Å². The summed E-state index contributed by atoms with van der Waals surface area (Å²) in [5, 5.41) is 4.06. The maximum Gasteiger partial charge on any atom is 0.343 e. The second-order valence-corrected chi connectivity index (χ2v) is 3.77. The third kappa shape index (κ3) is 2.17. The van der Waals surface area contributed by atoms with Crippen LogP contribution in [0.5, 0.6) is 0 Å². The fraction of sp³-hybridized carbons (Fsp3) is 0.250. The molecule has 0 amide bonds. The number of aromatic nitrogens is 3. The molecule has 0 aliphatic carbocycles. The van der Waals surface area contributed by atoms with Crippen LogP contribution < -0.4 is 5.73 Å². The Morgan fingerprint density at radius 2 is 2.33 bits per heavy atom. The van der Waals surface area contributed by atoms with E-state index in [4.69, 9.17) is 10.5 Å². The quantitative estimate of drug-likeness (QED) is 0.826. The second kappa shape index (κ2) is 4.87. The van der Waals surface area contributed by atoms with E-state index in [1.807, 2.05) is 19.1 Å². The van der Waals surface area contributed by atoms with Gasteiger partial charge >= 0.3 is 5.97 Å². The third-order valence-corrected chi connectivity index (χ3v) is 2.42. The molecule has 0 atom stereocenters. The van der Waals surface area contributed by atoms with Crippen molar-refractivity contribution in [2.24, 2.45) is 0 Å². The van der Waals surface area contributed by atoms with Crippen molar-refractivity contribution in [3.05, 3.63) is 35.7 Å². The van der Waals surface area contributed by atoms with Crippen molar-refractivity contribution < 1.29 is 9.53 Å². The summed E-state index contributed by atoms with van der Waals surface area (Å²) in [7, 11) is 0. The maximum absolute atomic E-state index is 11.6. The van der Waals surface area contributed by atoms with Crippen LogP contribution >= 0.6 is 0 Å². The predicted molar refractivity (Wildman–Crippen MR) is 66.5 cm³/mol.